The molecule has 0 aliphatic rings. The molecule has 0 rings (SSSR count). The van der Waals surface area contributed by atoms with Crippen LogP contribution in [0.1, 0.15) is 13.8 Å². The quantitative estimate of drug-likeness (QED) is 0.410. The van der Waals surface area contributed by atoms with Gasteiger partial charge in [0, 0.05) is 19.5 Å². The molecular formula is C7H10O2Rh. The molecule has 0 unspecified atom stereocenters. The second-order valence-corrected chi connectivity index (χ2v) is 1.93. The minimum Gasteiger partial charge on any atom is -0.299 e. The largest absolute Gasteiger partial charge is 0.299 e. The Morgan fingerprint density at radius 3 is 1.60 bits per heavy atom. The van der Waals surface area contributed by atoms with E-state index in [4.69, 9.17) is 0 Å². The number of hydrogen-bond donors (Lipinski definition) is 0. The molecule has 3 heteroatoms. The van der Waals surface area contributed by atoms with Gasteiger partial charge in [-0.2, -0.15) is 0 Å². The Morgan fingerprint density at radius 2 is 1.60 bits per heavy atom. The number of carbonyl (C=O) groups excluding carboxylic acids is 2. The summed E-state index contributed by atoms with van der Waals surface area (Å²) >= 11 is 0. The number of Topliss-reactive ketones (excluding diaryl/α,β-unsaturated/α-hetero) is 2. The van der Waals surface area contributed by atoms with Crippen LogP contribution in [0.4, 0.5) is 0 Å². The normalized spacial score (nSPS) is 8.30. The fraction of sp³-hybridized carbons (Fsp3) is 0.429. The summed E-state index contributed by atoms with van der Waals surface area (Å²) in [5.41, 5.74) is 0. The van der Waals surface area contributed by atoms with Gasteiger partial charge >= 0.3 is 0 Å². The Bertz CT molecular complexity index is 138. The molecule has 0 fully saturated rings. The molecule has 0 aromatic carbocycles. The molecule has 0 saturated carbocycles. The van der Waals surface area contributed by atoms with E-state index in [1.807, 2.05) is 0 Å². The number of carbonyl (C=O) groups is 2. The summed E-state index contributed by atoms with van der Waals surface area (Å²) in [6.07, 6.45) is 1.37. The van der Waals surface area contributed by atoms with E-state index in [9.17, 15) is 9.59 Å². The van der Waals surface area contributed by atoms with Crippen LogP contribution < -0.4 is 0 Å². The average molecular weight is 229 g/mol. The third-order valence-electron chi connectivity index (χ3n) is 1.11. The third kappa shape index (κ3) is 3.68. The summed E-state index contributed by atoms with van der Waals surface area (Å²) in [6.45, 7) is 6.13. The zero-order chi connectivity index (χ0) is 7.44. The predicted molar refractivity (Wildman–Crippen MR) is 35.0 cm³/mol. The van der Waals surface area contributed by atoms with Gasteiger partial charge in [-0.3, -0.25) is 9.59 Å². The van der Waals surface area contributed by atoms with Crippen LogP contribution in [0, 0.1) is 5.92 Å². The zero-order valence-electron chi connectivity index (χ0n) is 6.01. The van der Waals surface area contributed by atoms with E-state index in [0.717, 1.165) is 0 Å². The van der Waals surface area contributed by atoms with Gasteiger partial charge in [-0.15, -0.1) is 6.58 Å². The number of allylic oxidation sites excluding steroid dienone is 1. The Labute approximate surface area is 73.4 Å². The molecule has 2 nitrogen and oxygen atoms in total. The summed E-state index contributed by atoms with van der Waals surface area (Å²) in [4.78, 5) is 21.0. The van der Waals surface area contributed by atoms with Crippen molar-refractivity contribution in [1.82, 2.24) is 0 Å². The minimum atomic E-state index is -0.593. The van der Waals surface area contributed by atoms with E-state index >= 15 is 0 Å². The third-order valence-corrected chi connectivity index (χ3v) is 1.11. The van der Waals surface area contributed by atoms with Crippen LogP contribution in [0.2, 0.25) is 0 Å². The standard InChI is InChI=1S/C7H10O2.Rh/c1-4-7(5(2)8)6(3)9;/h4,7H,1H2,2-3H3;. The molecule has 1 radical (unpaired) electrons. The molecule has 0 amide bonds. The smallest absolute Gasteiger partial charge is 0.144 e. The summed E-state index contributed by atoms with van der Waals surface area (Å²) in [6, 6.07) is 0. The van der Waals surface area contributed by atoms with Crippen molar-refractivity contribution < 1.29 is 29.1 Å². The van der Waals surface area contributed by atoms with Crippen LogP contribution in [0.5, 0.6) is 0 Å². The van der Waals surface area contributed by atoms with Gasteiger partial charge in [0.15, 0.2) is 0 Å². The van der Waals surface area contributed by atoms with Crippen molar-refractivity contribution in [2.45, 2.75) is 13.8 Å². The number of hydrogen-bond acceptors (Lipinski definition) is 2. The van der Waals surface area contributed by atoms with Crippen molar-refractivity contribution in [3.05, 3.63) is 12.7 Å². The van der Waals surface area contributed by atoms with E-state index in [1.165, 1.54) is 19.9 Å². The first-order valence-corrected chi connectivity index (χ1v) is 2.73. The van der Waals surface area contributed by atoms with Gasteiger partial charge in [-0.25, -0.2) is 0 Å². The van der Waals surface area contributed by atoms with Gasteiger partial charge in [0.05, 0.1) is 5.92 Å². The molecule has 10 heavy (non-hydrogen) atoms. The maximum Gasteiger partial charge on any atom is 0.144 e. The topological polar surface area (TPSA) is 34.1 Å². The minimum absolute atomic E-state index is 0. The predicted octanol–water partition coefficient (Wildman–Crippen LogP) is 0.964. The van der Waals surface area contributed by atoms with Gasteiger partial charge in [0.25, 0.3) is 0 Å². The van der Waals surface area contributed by atoms with Crippen LogP contribution in [-0.2, 0) is 29.1 Å². The van der Waals surface area contributed by atoms with E-state index in [-0.39, 0.29) is 31.0 Å². The van der Waals surface area contributed by atoms with Crippen molar-refractivity contribution in [3.63, 3.8) is 0 Å². The monoisotopic (exact) mass is 229 g/mol. The number of ketones is 2. The van der Waals surface area contributed by atoms with E-state index in [1.54, 1.807) is 0 Å². The van der Waals surface area contributed by atoms with Crippen molar-refractivity contribution >= 4 is 11.6 Å². The molecule has 0 saturated heterocycles. The first-order valence-electron chi connectivity index (χ1n) is 2.73. The van der Waals surface area contributed by atoms with Crippen molar-refractivity contribution in [1.29, 1.82) is 0 Å². The number of rotatable bonds is 3. The van der Waals surface area contributed by atoms with Gasteiger partial charge in [0.1, 0.15) is 11.6 Å². The summed E-state index contributed by atoms with van der Waals surface area (Å²) in [5.74, 6) is -0.875. The first-order chi connectivity index (χ1) is 4.09. The molecule has 0 bridgehead atoms. The molecule has 0 aromatic rings. The maximum absolute atomic E-state index is 10.5. The molecule has 0 aliphatic carbocycles. The van der Waals surface area contributed by atoms with Crippen LogP contribution in [0.3, 0.4) is 0 Å². The van der Waals surface area contributed by atoms with Crippen LogP contribution >= 0.6 is 0 Å². The Balaban J connectivity index is 0. The second kappa shape index (κ2) is 5.49. The first kappa shape index (κ1) is 12.4. The zero-order valence-corrected chi connectivity index (χ0v) is 7.65. The van der Waals surface area contributed by atoms with Crippen molar-refractivity contribution in [3.8, 4) is 0 Å². The second-order valence-electron chi connectivity index (χ2n) is 1.93. The van der Waals surface area contributed by atoms with Crippen LogP contribution in [0.25, 0.3) is 0 Å². The molecule has 0 N–H and O–H groups in total. The molecule has 0 heterocycles. The molecule has 0 atom stereocenters. The maximum atomic E-state index is 10.5. The summed E-state index contributed by atoms with van der Waals surface area (Å²) < 4.78 is 0. The van der Waals surface area contributed by atoms with Crippen LogP contribution in [0.15, 0.2) is 12.7 Å². The van der Waals surface area contributed by atoms with Crippen molar-refractivity contribution in [2.24, 2.45) is 5.92 Å². The summed E-state index contributed by atoms with van der Waals surface area (Å²) in [7, 11) is 0. The average Bonchev–Trinajstić information content (AvgIpc) is 1.64. The van der Waals surface area contributed by atoms with Gasteiger partial charge < -0.3 is 0 Å². The molecular weight excluding hydrogens is 219 g/mol. The van der Waals surface area contributed by atoms with Crippen LogP contribution in [-0.4, -0.2) is 11.6 Å². The molecule has 0 aliphatic heterocycles. The molecule has 0 aromatic heterocycles. The Hall–Kier alpha value is -0.297. The summed E-state index contributed by atoms with van der Waals surface area (Å²) in [5, 5.41) is 0. The Morgan fingerprint density at radius 1 is 1.30 bits per heavy atom. The van der Waals surface area contributed by atoms with E-state index in [2.05, 4.69) is 6.58 Å². The van der Waals surface area contributed by atoms with Gasteiger partial charge in [-0.05, 0) is 13.8 Å². The van der Waals surface area contributed by atoms with Crippen molar-refractivity contribution in [2.75, 3.05) is 0 Å². The molecule has 59 valence electrons. The fourth-order valence-corrected chi connectivity index (χ4v) is 0.618. The van der Waals surface area contributed by atoms with Gasteiger partial charge in [-0.1, -0.05) is 6.08 Å². The van der Waals surface area contributed by atoms with E-state index < -0.39 is 5.92 Å². The van der Waals surface area contributed by atoms with E-state index in [0.29, 0.717) is 0 Å². The SMILES string of the molecule is C=CC(C(C)=O)C(C)=O.[Rh]. The fourth-order valence-electron chi connectivity index (χ4n) is 0.618. The Kier molecular flexibility index (Phi) is 6.79. The van der Waals surface area contributed by atoms with Gasteiger partial charge in [0.2, 0.25) is 0 Å². The molecule has 0 spiro atoms.